The van der Waals surface area contributed by atoms with Gasteiger partial charge in [-0.2, -0.15) is 5.26 Å². The number of nitrogens with zero attached hydrogens (tertiary/aromatic N) is 4. The highest BCUT2D eigenvalue weighted by molar-refractivity contribution is 6.33. The van der Waals surface area contributed by atoms with Crippen LogP contribution >= 0.6 is 11.6 Å². The summed E-state index contributed by atoms with van der Waals surface area (Å²) in [5.74, 6) is 1.05. The molecule has 0 atom stereocenters. The molecule has 0 saturated carbocycles. The molecule has 6 nitrogen and oxygen atoms in total. The highest BCUT2D eigenvalue weighted by Gasteiger charge is 2.21. The van der Waals surface area contributed by atoms with E-state index in [-0.39, 0.29) is 5.91 Å². The summed E-state index contributed by atoms with van der Waals surface area (Å²) in [6, 6.07) is 13.1. The van der Waals surface area contributed by atoms with Gasteiger partial charge in [0.1, 0.15) is 11.9 Å². The SMILES string of the molecule is N#Cc1cccc(Cl)c1NCCC(=O)N1CCN(c2ccccn2)CC1. The van der Waals surface area contributed by atoms with E-state index in [4.69, 9.17) is 16.9 Å². The van der Waals surface area contributed by atoms with Crippen LogP contribution in [0.1, 0.15) is 12.0 Å². The number of nitrogens with one attached hydrogen (secondary N) is 1. The van der Waals surface area contributed by atoms with E-state index in [1.807, 2.05) is 23.1 Å². The number of amides is 1. The van der Waals surface area contributed by atoms with Gasteiger partial charge in [0.05, 0.1) is 16.3 Å². The molecule has 0 unspecified atom stereocenters. The molecule has 134 valence electrons. The van der Waals surface area contributed by atoms with Gasteiger partial charge in [-0.15, -0.1) is 0 Å². The maximum absolute atomic E-state index is 12.4. The van der Waals surface area contributed by atoms with Gasteiger partial charge < -0.3 is 15.1 Å². The van der Waals surface area contributed by atoms with Crippen LogP contribution in [0.4, 0.5) is 11.5 Å². The molecule has 0 spiro atoms. The maximum atomic E-state index is 12.4. The normalized spacial score (nSPS) is 14.0. The molecule has 1 aromatic heterocycles. The van der Waals surface area contributed by atoms with Crippen LogP contribution in [0.2, 0.25) is 5.02 Å². The third kappa shape index (κ3) is 4.24. The zero-order chi connectivity index (χ0) is 18.4. The summed E-state index contributed by atoms with van der Waals surface area (Å²) in [5, 5.41) is 12.7. The standard InChI is InChI=1S/C19H20ClN5O/c20-16-5-3-4-15(14-21)19(16)23-9-7-18(26)25-12-10-24(11-13-25)17-6-1-2-8-22-17/h1-6,8,23H,7,9-13H2. The molecule has 0 radical (unpaired) electrons. The first-order chi connectivity index (χ1) is 12.7. The molecule has 1 fully saturated rings. The number of carbonyl (C=O) groups is 1. The van der Waals surface area contributed by atoms with Crippen molar-refractivity contribution in [3.63, 3.8) is 0 Å². The van der Waals surface area contributed by atoms with E-state index in [1.165, 1.54) is 0 Å². The predicted molar refractivity (Wildman–Crippen MR) is 102 cm³/mol. The van der Waals surface area contributed by atoms with Gasteiger partial charge in [-0.3, -0.25) is 4.79 Å². The van der Waals surface area contributed by atoms with Crippen LogP contribution in [0.15, 0.2) is 42.6 Å². The number of rotatable bonds is 5. The Morgan fingerprint density at radius 3 is 2.69 bits per heavy atom. The third-order valence-corrected chi connectivity index (χ3v) is 4.70. The molecule has 1 saturated heterocycles. The predicted octanol–water partition coefficient (Wildman–Crippen LogP) is 2.76. The van der Waals surface area contributed by atoms with Crippen molar-refractivity contribution in [1.82, 2.24) is 9.88 Å². The highest BCUT2D eigenvalue weighted by Crippen LogP contribution is 2.25. The van der Waals surface area contributed by atoms with Crippen molar-refractivity contribution in [2.24, 2.45) is 0 Å². The van der Waals surface area contributed by atoms with Crippen molar-refractivity contribution in [1.29, 1.82) is 5.26 Å². The van der Waals surface area contributed by atoms with Gasteiger partial charge in [-0.25, -0.2) is 4.98 Å². The number of piperazine rings is 1. The molecule has 1 aliphatic heterocycles. The van der Waals surface area contributed by atoms with Crippen LogP contribution in [0.5, 0.6) is 0 Å². The van der Waals surface area contributed by atoms with Gasteiger partial charge in [0.15, 0.2) is 0 Å². The Bertz CT molecular complexity index is 797. The second kappa shape index (κ2) is 8.54. The molecular formula is C19H20ClN5O. The van der Waals surface area contributed by atoms with Crippen LogP contribution < -0.4 is 10.2 Å². The number of benzene rings is 1. The first-order valence-electron chi connectivity index (χ1n) is 8.55. The van der Waals surface area contributed by atoms with Gasteiger partial charge in [-0.05, 0) is 24.3 Å². The van der Waals surface area contributed by atoms with E-state index >= 15 is 0 Å². The lowest BCUT2D eigenvalue weighted by atomic mass is 10.2. The maximum Gasteiger partial charge on any atom is 0.224 e. The van der Waals surface area contributed by atoms with E-state index in [0.717, 1.165) is 18.9 Å². The van der Waals surface area contributed by atoms with E-state index < -0.39 is 0 Å². The Hall–Kier alpha value is -2.78. The number of hydrogen-bond acceptors (Lipinski definition) is 5. The number of hydrogen-bond donors (Lipinski definition) is 1. The fourth-order valence-electron chi connectivity index (χ4n) is 2.98. The summed E-state index contributed by atoms with van der Waals surface area (Å²) < 4.78 is 0. The number of halogens is 1. The van der Waals surface area contributed by atoms with Gasteiger partial charge in [-0.1, -0.05) is 23.7 Å². The Labute approximate surface area is 158 Å². The summed E-state index contributed by atoms with van der Waals surface area (Å²) in [6.07, 6.45) is 2.14. The summed E-state index contributed by atoms with van der Waals surface area (Å²) in [6.45, 7) is 3.37. The molecule has 1 aromatic carbocycles. The topological polar surface area (TPSA) is 72.3 Å². The first-order valence-corrected chi connectivity index (χ1v) is 8.93. The number of pyridine rings is 1. The largest absolute Gasteiger partial charge is 0.382 e. The van der Waals surface area contributed by atoms with E-state index in [9.17, 15) is 4.79 Å². The second-order valence-electron chi connectivity index (χ2n) is 6.01. The summed E-state index contributed by atoms with van der Waals surface area (Å²) >= 11 is 6.13. The molecule has 1 N–H and O–H groups in total. The molecule has 1 aliphatic rings. The van der Waals surface area contributed by atoms with E-state index in [0.29, 0.717) is 42.3 Å². The van der Waals surface area contributed by atoms with Gasteiger partial charge in [0.25, 0.3) is 0 Å². The average molecular weight is 370 g/mol. The van der Waals surface area contributed by atoms with Gasteiger partial charge in [0, 0.05) is 45.3 Å². The molecule has 0 aliphatic carbocycles. The number of aromatic nitrogens is 1. The van der Waals surface area contributed by atoms with Crippen LogP contribution in [0, 0.1) is 11.3 Å². The fraction of sp³-hybridized carbons (Fsp3) is 0.316. The molecule has 2 aromatic rings. The first kappa shape index (κ1) is 18.0. The Morgan fingerprint density at radius 2 is 2.00 bits per heavy atom. The highest BCUT2D eigenvalue weighted by atomic mass is 35.5. The fourth-order valence-corrected chi connectivity index (χ4v) is 3.22. The summed E-state index contributed by atoms with van der Waals surface area (Å²) in [4.78, 5) is 20.8. The Kier molecular flexibility index (Phi) is 5.92. The molecule has 2 heterocycles. The molecule has 0 bridgehead atoms. The number of anilines is 2. The Morgan fingerprint density at radius 1 is 1.19 bits per heavy atom. The van der Waals surface area contributed by atoms with Crippen molar-refractivity contribution < 1.29 is 4.79 Å². The van der Waals surface area contributed by atoms with Gasteiger partial charge >= 0.3 is 0 Å². The Balaban J connectivity index is 1.48. The minimum absolute atomic E-state index is 0.101. The van der Waals surface area contributed by atoms with E-state index in [2.05, 4.69) is 21.3 Å². The van der Waals surface area contributed by atoms with Crippen molar-refractivity contribution in [3.8, 4) is 6.07 Å². The second-order valence-corrected chi connectivity index (χ2v) is 6.41. The van der Waals surface area contributed by atoms with Crippen LogP contribution in [-0.4, -0.2) is 48.5 Å². The molecule has 7 heteroatoms. The minimum Gasteiger partial charge on any atom is -0.382 e. The number of para-hydroxylation sites is 1. The zero-order valence-corrected chi connectivity index (χ0v) is 15.1. The molecule has 1 amide bonds. The van der Waals surface area contributed by atoms with Crippen LogP contribution in [-0.2, 0) is 4.79 Å². The van der Waals surface area contributed by atoms with Crippen molar-refractivity contribution in [2.45, 2.75) is 6.42 Å². The monoisotopic (exact) mass is 369 g/mol. The lowest BCUT2D eigenvalue weighted by molar-refractivity contribution is -0.131. The molecular weight excluding hydrogens is 350 g/mol. The van der Waals surface area contributed by atoms with Crippen LogP contribution in [0.3, 0.4) is 0 Å². The minimum atomic E-state index is 0.101. The van der Waals surface area contributed by atoms with Crippen molar-refractivity contribution in [3.05, 3.63) is 53.2 Å². The zero-order valence-electron chi connectivity index (χ0n) is 14.4. The molecule has 3 rings (SSSR count). The number of carbonyl (C=O) groups excluding carboxylic acids is 1. The molecule has 26 heavy (non-hydrogen) atoms. The summed E-state index contributed by atoms with van der Waals surface area (Å²) in [7, 11) is 0. The van der Waals surface area contributed by atoms with Crippen molar-refractivity contribution in [2.75, 3.05) is 42.9 Å². The van der Waals surface area contributed by atoms with Crippen LogP contribution in [0.25, 0.3) is 0 Å². The lowest BCUT2D eigenvalue weighted by Gasteiger charge is -2.35. The van der Waals surface area contributed by atoms with Gasteiger partial charge in [0.2, 0.25) is 5.91 Å². The van der Waals surface area contributed by atoms with E-state index in [1.54, 1.807) is 24.4 Å². The third-order valence-electron chi connectivity index (χ3n) is 4.38. The number of nitriles is 1. The summed E-state index contributed by atoms with van der Waals surface area (Å²) in [5.41, 5.74) is 1.07. The average Bonchev–Trinajstić information content (AvgIpc) is 2.69. The van der Waals surface area contributed by atoms with Crippen molar-refractivity contribution >= 4 is 29.0 Å². The lowest BCUT2D eigenvalue weighted by Crippen LogP contribution is -2.49. The quantitative estimate of drug-likeness (QED) is 0.877. The smallest absolute Gasteiger partial charge is 0.224 e.